The Morgan fingerprint density at radius 3 is 3.09 bits per heavy atom. The van der Waals surface area contributed by atoms with Crippen LogP contribution in [0.4, 0.5) is 0 Å². The molecule has 23 heavy (non-hydrogen) atoms. The van der Waals surface area contributed by atoms with Gasteiger partial charge in [-0.25, -0.2) is 4.98 Å². The average Bonchev–Trinajstić information content (AvgIpc) is 3.22. The molecule has 0 unspecified atom stereocenters. The third-order valence-electron chi connectivity index (χ3n) is 4.16. The van der Waals surface area contributed by atoms with Gasteiger partial charge in [0.1, 0.15) is 5.69 Å². The second-order valence-corrected chi connectivity index (χ2v) is 6.53. The van der Waals surface area contributed by atoms with Crippen LogP contribution in [0.15, 0.2) is 36.0 Å². The SMILES string of the molecule is Cc1ccc2[nH]c(C(=O)NCc3cn4ccsc4n3)cc2c1C. The summed E-state index contributed by atoms with van der Waals surface area (Å²) in [5.74, 6) is -0.116. The van der Waals surface area contributed by atoms with Crippen molar-refractivity contribution in [2.24, 2.45) is 0 Å². The molecule has 0 bridgehead atoms. The van der Waals surface area contributed by atoms with Gasteiger partial charge in [0.2, 0.25) is 0 Å². The van der Waals surface area contributed by atoms with Crippen LogP contribution in [-0.4, -0.2) is 20.3 Å². The molecule has 5 nitrogen and oxygen atoms in total. The van der Waals surface area contributed by atoms with Crippen molar-refractivity contribution < 1.29 is 4.79 Å². The second kappa shape index (κ2) is 5.24. The standard InChI is InChI=1S/C17H16N4OS/c1-10-3-4-14-13(11(10)2)7-15(20-14)16(22)18-8-12-9-21-5-6-23-17(21)19-12/h3-7,9,20H,8H2,1-2H3,(H,18,22). The van der Waals surface area contributed by atoms with Crippen molar-refractivity contribution in [3.63, 3.8) is 0 Å². The number of aromatic nitrogens is 3. The molecule has 0 saturated heterocycles. The molecule has 0 atom stereocenters. The van der Waals surface area contributed by atoms with Crippen LogP contribution in [0.3, 0.4) is 0 Å². The Morgan fingerprint density at radius 2 is 2.26 bits per heavy atom. The molecule has 0 radical (unpaired) electrons. The monoisotopic (exact) mass is 324 g/mol. The Kier molecular flexibility index (Phi) is 3.20. The number of rotatable bonds is 3. The zero-order valence-corrected chi connectivity index (χ0v) is 13.7. The fourth-order valence-corrected chi connectivity index (χ4v) is 3.43. The lowest BCUT2D eigenvalue weighted by Gasteiger charge is -2.00. The Labute approximate surface area is 137 Å². The van der Waals surface area contributed by atoms with Crippen molar-refractivity contribution in [1.29, 1.82) is 0 Å². The number of fused-ring (bicyclic) bond motifs is 2. The minimum Gasteiger partial charge on any atom is -0.351 e. The van der Waals surface area contributed by atoms with Gasteiger partial charge in [0, 0.05) is 28.7 Å². The van der Waals surface area contributed by atoms with Crippen molar-refractivity contribution in [3.05, 3.63) is 58.5 Å². The number of aryl methyl sites for hydroxylation is 2. The normalized spacial score (nSPS) is 11.4. The molecular formula is C17H16N4OS. The number of benzene rings is 1. The highest BCUT2D eigenvalue weighted by Crippen LogP contribution is 2.22. The van der Waals surface area contributed by atoms with Gasteiger partial charge in [-0.1, -0.05) is 6.07 Å². The molecule has 0 saturated carbocycles. The largest absolute Gasteiger partial charge is 0.351 e. The van der Waals surface area contributed by atoms with Gasteiger partial charge in [0.25, 0.3) is 5.91 Å². The van der Waals surface area contributed by atoms with Crippen molar-refractivity contribution in [2.45, 2.75) is 20.4 Å². The smallest absolute Gasteiger partial charge is 0.268 e. The number of thiazole rings is 1. The molecule has 4 aromatic rings. The molecule has 4 rings (SSSR count). The number of imidazole rings is 1. The van der Waals surface area contributed by atoms with Gasteiger partial charge in [0.15, 0.2) is 4.96 Å². The summed E-state index contributed by atoms with van der Waals surface area (Å²) in [6.07, 6.45) is 3.89. The van der Waals surface area contributed by atoms with Crippen LogP contribution >= 0.6 is 11.3 Å². The van der Waals surface area contributed by atoms with E-state index in [4.69, 9.17) is 0 Å². The van der Waals surface area contributed by atoms with Gasteiger partial charge in [-0.15, -0.1) is 11.3 Å². The molecular weight excluding hydrogens is 308 g/mol. The molecule has 2 N–H and O–H groups in total. The van der Waals surface area contributed by atoms with E-state index in [0.29, 0.717) is 12.2 Å². The van der Waals surface area contributed by atoms with Crippen LogP contribution in [0.5, 0.6) is 0 Å². The zero-order valence-electron chi connectivity index (χ0n) is 12.9. The fraction of sp³-hybridized carbons (Fsp3) is 0.176. The van der Waals surface area contributed by atoms with Crippen molar-refractivity contribution in [1.82, 2.24) is 19.7 Å². The molecule has 3 heterocycles. The summed E-state index contributed by atoms with van der Waals surface area (Å²) in [5, 5.41) is 6.00. The molecule has 0 aliphatic rings. The molecule has 1 amide bonds. The summed E-state index contributed by atoms with van der Waals surface area (Å²) in [6.45, 7) is 4.57. The first-order valence-electron chi connectivity index (χ1n) is 7.40. The molecule has 1 aromatic carbocycles. The topological polar surface area (TPSA) is 62.2 Å². The molecule has 0 aliphatic carbocycles. The number of H-pyrrole nitrogens is 1. The van der Waals surface area contributed by atoms with E-state index < -0.39 is 0 Å². The van der Waals surface area contributed by atoms with E-state index >= 15 is 0 Å². The summed E-state index contributed by atoms with van der Waals surface area (Å²) >= 11 is 1.58. The van der Waals surface area contributed by atoms with Crippen LogP contribution in [0, 0.1) is 13.8 Å². The predicted octanol–water partition coefficient (Wildman–Crippen LogP) is 3.42. The van der Waals surface area contributed by atoms with E-state index in [9.17, 15) is 4.79 Å². The third kappa shape index (κ3) is 2.41. The van der Waals surface area contributed by atoms with Crippen molar-refractivity contribution in [3.8, 4) is 0 Å². The highest BCUT2D eigenvalue weighted by Gasteiger charge is 2.12. The second-order valence-electron chi connectivity index (χ2n) is 5.66. The summed E-state index contributed by atoms with van der Waals surface area (Å²) in [6, 6.07) is 5.99. The summed E-state index contributed by atoms with van der Waals surface area (Å²) in [7, 11) is 0. The van der Waals surface area contributed by atoms with E-state index in [1.165, 1.54) is 11.1 Å². The maximum absolute atomic E-state index is 12.4. The van der Waals surface area contributed by atoms with Gasteiger partial charge < -0.3 is 10.3 Å². The van der Waals surface area contributed by atoms with E-state index in [1.54, 1.807) is 11.3 Å². The van der Waals surface area contributed by atoms with Gasteiger partial charge >= 0.3 is 0 Å². The molecule has 0 fully saturated rings. The van der Waals surface area contributed by atoms with Crippen molar-refractivity contribution >= 4 is 33.1 Å². The lowest BCUT2D eigenvalue weighted by molar-refractivity contribution is 0.0946. The molecule has 116 valence electrons. The molecule has 3 aromatic heterocycles. The van der Waals surface area contributed by atoms with Crippen LogP contribution in [0.1, 0.15) is 27.3 Å². The van der Waals surface area contributed by atoms with Crippen molar-refractivity contribution in [2.75, 3.05) is 0 Å². The Hall–Kier alpha value is -2.60. The molecule has 0 aliphatic heterocycles. The number of aromatic amines is 1. The maximum Gasteiger partial charge on any atom is 0.268 e. The first-order chi connectivity index (χ1) is 11.1. The quantitative estimate of drug-likeness (QED) is 0.606. The van der Waals surface area contributed by atoms with E-state index in [2.05, 4.69) is 35.2 Å². The number of nitrogens with zero attached hydrogens (tertiary/aromatic N) is 2. The van der Waals surface area contributed by atoms with Gasteiger partial charge in [-0.05, 0) is 37.1 Å². The number of amides is 1. The van der Waals surface area contributed by atoms with Gasteiger partial charge in [-0.2, -0.15) is 0 Å². The fourth-order valence-electron chi connectivity index (χ4n) is 2.71. The Balaban J connectivity index is 1.54. The molecule has 6 heteroatoms. The minimum absolute atomic E-state index is 0.116. The lowest BCUT2D eigenvalue weighted by atomic mass is 10.1. The predicted molar refractivity (Wildman–Crippen MR) is 92.0 cm³/mol. The number of carbonyl (C=O) groups excluding carboxylic acids is 1. The van der Waals surface area contributed by atoms with E-state index in [0.717, 1.165) is 21.6 Å². The van der Waals surface area contributed by atoms with Crippen LogP contribution in [0.25, 0.3) is 15.9 Å². The van der Waals surface area contributed by atoms with Crippen LogP contribution in [-0.2, 0) is 6.54 Å². The minimum atomic E-state index is -0.116. The summed E-state index contributed by atoms with van der Waals surface area (Å²) in [5.41, 5.74) is 4.84. The maximum atomic E-state index is 12.4. The number of hydrogen-bond acceptors (Lipinski definition) is 3. The van der Waals surface area contributed by atoms with E-state index in [1.807, 2.05) is 34.3 Å². The molecule has 0 spiro atoms. The lowest BCUT2D eigenvalue weighted by Crippen LogP contribution is -2.23. The third-order valence-corrected chi connectivity index (χ3v) is 4.93. The summed E-state index contributed by atoms with van der Waals surface area (Å²) < 4.78 is 1.96. The number of nitrogens with one attached hydrogen (secondary N) is 2. The zero-order chi connectivity index (χ0) is 16.0. The highest BCUT2D eigenvalue weighted by atomic mass is 32.1. The van der Waals surface area contributed by atoms with Crippen LogP contribution in [0.2, 0.25) is 0 Å². The van der Waals surface area contributed by atoms with E-state index in [-0.39, 0.29) is 5.91 Å². The number of hydrogen-bond donors (Lipinski definition) is 2. The van der Waals surface area contributed by atoms with Crippen LogP contribution < -0.4 is 5.32 Å². The summed E-state index contributed by atoms with van der Waals surface area (Å²) in [4.78, 5) is 20.9. The Morgan fingerprint density at radius 1 is 1.39 bits per heavy atom. The first kappa shape index (κ1) is 14.0. The average molecular weight is 324 g/mol. The first-order valence-corrected chi connectivity index (χ1v) is 8.28. The van der Waals surface area contributed by atoms with Gasteiger partial charge in [-0.3, -0.25) is 9.20 Å². The highest BCUT2D eigenvalue weighted by molar-refractivity contribution is 7.15. The Bertz CT molecular complexity index is 995. The number of carbonyl (C=O) groups is 1. The van der Waals surface area contributed by atoms with Gasteiger partial charge in [0.05, 0.1) is 12.2 Å².